The van der Waals surface area contributed by atoms with Crippen LogP contribution in [0.25, 0.3) is 0 Å². The van der Waals surface area contributed by atoms with Crippen molar-refractivity contribution in [2.75, 3.05) is 13.2 Å². The minimum absolute atomic E-state index is 0.0208. The number of carbonyl (C=O) groups is 2. The van der Waals surface area contributed by atoms with Gasteiger partial charge < -0.3 is 20.3 Å². The van der Waals surface area contributed by atoms with Crippen LogP contribution in [0.5, 0.6) is 0 Å². The van der Waals surface area contributed by atoms with Gasteiger partial charge in [-0.25, -0.2) is 0 Å². The molecular weight excluding hydrogens is 1090 g/mol. The molecule has 0 saturated carbocycles. The average Bonchev–Trinajstić information content (AvgIpc) is 3.68. The number of aliphatic hydroxyl groups is 2. The third-order valence-corrected chi connectivity index (χ3v) is 19.5. The molecule has 0 heterocycles. The van der Waals surface area contributed by atoms with E-state index < -0.39 is 12.1 Å². The quantitative estimate of drug-likeness (QED) is 0.0320. The molecule has 3 N–H and O–H groups in total. The molecule has 0 aromatic heterocycles. The van der Waals surface area contributed by atoms with Gasteiger partial charge in [0.2, 0.25) is 5.91 Å². The van der Waals surface area contributed by atoms with Crippen LogP contribution < -0.4 is 5.32 Å². The van der Waals surface area contributed by atoms with E-state index in [1.54, 1.807) is 6.08 Å². The van der Waals surface area contributed by atoms with E-state index >= 15 is 0 Å². The molecule has 0 rings (SSSR count). The third kappa shape index (κ3) is 75.3. The molecule has 0 aliphatic carbocycles. The summed E-state index contributed by atoms with van der Waals surface area (Å²) >= 11 is 0. The number of aliphatic hydroxyl groups excluding tert-OH is 2. The standard InChI is InChI=1S/C83H161NO5/c1-3-5-7-9-11-13-15-17-19-21-44-47-51-55-59-63-67-71-75-81(86)80(79-85)84-82(87)76-72-68-64-60-56-52-48-45-41-39-37-35-33-31-29-27-25-23-22-24-26-28-30-32-34-36-38-40-42-46-50-54-58-62-66-70-74-78-89-83(88)77-73-69-65-61-57-53-49-43-20-18-16-14-12-10-8-6-4-2/h18,20,71,75,80-81,85-86H,3-17,19,21-70,72-74,76-79H2,1-2H3,(H,84,87)/b20-18-,75-71+. The van der Waals surface area contributed by atoms with Gasteiger partial charge in [0.15, 0.2) is 0 Å². The van der Waals surface area contributed by atoms with Crippen LogP contribution in [0.3, 0.4) is 0 Å². The van der Waals surface area contributed by atoms with E-state index in [9.17, 15) is 19.8 Å². The lowest BCUT2D eigenvalue weighted by Gasteiger charge is -2.20. The fraction of sp³-hybridized carbons (Fsp3) is 0.928. The topological polar surface area (TPSA) is 95.9 Å². The molecule has 6 heteroatoms. The number of hydrogen-bond donors (Lipinski definition) is 3. The Hall–Kier alpha value is -1.66. The first kappa shape index (κ1) is 87.3. The summed E-state index contributed by atoms with van der Waals surface area (Å²) in [6.45, 7) is 4.95. The maximum atomic E-state index is 12.5. The zero-order valence-electron chi connectivity index (χ0n) is 60.7. The van der Waals surface area contributed by atoms with E-state index in [-0.39, 0.29) is 18.5 Å². The van der Waals surface area contributed by atoms with Crippen LogP contribution in [0, 0.1) is 0 Å². The van der Waals surface area contributed by atoms with Gasteiger partial charge in [0.25, 0.3) is 0 Å². The summed E-state index contributed by atoms with van der Waals surface area (Å²) < 4.78 is 5.51. The molecule has 528 valence electrons. The highest BCUT2D eigenvalue weighted by atomic mass is 16.5. The Labute approximate surface area is 558 Å². The largest absolute Gasteiger partial charge is 0.466 e. The molecule has 1 amide bonds. The number of carbonyl (C=O) groups excluding carboxylic acids is 2. The van der Waals surface area contributed by atoms with Gasteiger partial charge in [-0.2, -0.15) is 0 Å². The Balaban J connectivity index is 3.31. The van der Waals surface area contributed by atoms with Crippen LogP contribution in [0.4, 0.5) is 0 Å². The highest BCUT2D eigenvalue weighted by molar-refractivity contribution is 5.76. The number of nitrogens with one attached hydrogen (secondary N) is 1. The number of hydrogen-bond acceptors (Lipinski definition) is 5. The zero-order chi connectivity index (χ0) is 64.2. The van der Waals surface area contributed by atoms with Crippen molar-refractivity contribution >= 4 is 11.9 Å². The summed E-state index contributed by atoms with van der Waals surface area (Å²) in [7, 11) is 0. The van der Waals surface area contributed by atoms with Crippen molar-refractivity contribution in [3.63, 3.8) is 0 Å². The zero-order valence-corrected chi connectivity index (χ0v) is 60.7. The van der Waals surface area contributed by atoms with E-state index in [2.05, 4.69) is 31.3 Å². The Morgan fingerprint density at radius 2 is 0.528 bits per heavy atom. The van der Waals surface area contributed by atoms with Gasteiger partial charge in [0.1, 0.15) is 0 Å². The van der Waals surface area contributed by atoms with E-state index in [0.29, 0.717) is 19.4 Å². The third-order valence-electron chi connectivity index (χ3n) is 19.5. The van der Waals surface area contributed by atoms with Gasteiger partial charge in [-0.1, -0.05) is 423 Å². The maximum absolute atomic E-state index is 12.5. The minimum atomic E-state index is -0.841. The van der Waals surface area contributed by atoms with Crippen LogP contribution in [-0.2, 0) is 14.3 Å². The van der Waals surface area contributed by atoms with Crippen LogP contribution in [0.15, 0.2) is 24.3 Å². The molecule has 0 aromatic rings. The normalized spacial score (nSPS) is 12.5. The number of allylic oxidation sites excluding steroid dienone is 3. The van der Waals surface area contributed by atoms with Crippen LogP contribution >= 0.6 is 0 Å². The summed E-state index contributed by atoms with van der Waals surface area (Å²) in [4.78, 5) is 24.6. The number of rotatable bonds is 78. The Bertz CT molecular complexity index is 1400. The Morgan fingerprint density at radius 3 is 0.798 bits per heavy atom. The molecule has 2 unspecified atom stereocenters. The summed E-state index contributed by atoms with van der Waals surface area (Å²) in [5.41, 5.74) is 0. The molecule has 0 saturated heterocycles. The van der Waals surface area contributed by atoms with Crippen LogP contribution in [-0.4, -0.2) is 47.4 Å². The van der Waals surface area contributed by atoms with Crippen molar-refractivity contribution in [2.24, 2.45) is 0 Å². The summed E-state index contributed by atoms with van der Waals surface area (Å²) in [5, 5.41) is 23.3. The lowest BCUT2D eigenvalue weighted by atomic mass is 10.0. The maximum Gasteiger partial charge on any atom is 0.305 e. The smallest absolute Gasteiger partial charge is 0.305 e. The van der Waals surface area contributed by atoms with Crippen molar-refractivity contribution < 1.29 is 24.5 Å². The lowest BCUT2D eigenvalue weighted by molar-refractivity contribution is -0.143. The first-order valence-electron chi connectivity index (χ1n) is 41.1. The number of esters is 1. The summed E-state index contributed by atoms with van der Waals surface area (Å²) in [6, 6.07) is -0.624. The first-order chi connectivity index (χ1) is 44.0. The Morgan fingerprint density at radius 1 is 0.303 bits per heavy atom. The summed E-state index contributed by atoms with van der Waals surface area (Å²) in [6.07, 6.45) is 102. The minimum Gasteiger partial charge on any atom is -0.466 e. The van der Waals surface area contributed by atoms with Crippen molar-refractivity contribution in [3.8, 4) is 0 Å². The molecule has 6 nitrogen and oxygen atoms in total. The van der Waals surface area contributed by atoms with E-state index in [0.717, 1.165) is 38.5 Å². The highest BCUT2D eigenvalue weighted by Gasteiger charge is 2.18. The average molecular weight is 1250 g/mol. The fourth-order valence-electron chi connectivity index (χ4n) is 13.2. The predicted molar refractivity (Wildman–Crippen MR) is 393 cm³/mol. The van der Waals surface area contributed by atoms with Crippen molar-refractivity contribution in [3.05, 3.63) is 24.3 Å². The van der Waals surface area contributed by atoms with Gasteiger partial charge in [0, 0.05) is 12.8 Å². The lowest BCUT2D eigenvalue weighted by Crippen LogP contribution is -2.45. The van der Waals surface area contributed by atoms with Crippen molar-refractivity contribution in [1.82, 2.24) is 5.32 Å². The highest BCUT2D eigenvalue weighted by Crippen LogP contribution is 2.20. The molecular formula is C83H161NO5. The molecule has 89 heavy (non-hydrogen) atoms. The fourth-order valence-corrected chi connectivity index (χ4v) is 13.2. The molecule has 0 spiro atoms. The molecule has 0 fully saturated rings. The van der Waals surface area contributed by atoms with Crippen LogP contribution in [0.1, 0.15) is 470 Å². The second-order valence-electron chi connectivity index (χ2n) is 28.5. The molecule has 0 bridgehead atoms. The summed E-state index contributed by atoms with van der Waals surface area (Å²) in [5.74, 6) is -0.0371. The number of unbranched alkanes of at least 4 members (excludes halogenated alkanes) is 65. The molecule has 0 radical (unpaired) electrons. The first-order valence-corrected chi connectivity index (χ1v) is 41.1. The molecule has 0 aliphatic rings. The van der Waals surface area contributed by atoms with E-state index in [4.69, 9.17) is 4.74 Å². The number of amides is 1. The number of ether oxygens (including phenoxy) is 1. The second kappa shape index (κ2) is 78.8. The van der Waals surface area contributed by atoms with Gasteiger partial charge in [-0.3, -0.25) is 9.59 Å². The Kier molecular flexibility index (Phi) is 77.3. The van der Waals surface area contributed by atoms with Gasteiger partial charge in [-0.05, 0) is 57.8 Å². The SMILES string of the molecule is CCCCCCCC/C=C\CCCCCCCCCC(=O)OCCCCCCCCCCCCCCCCCCCCCCCCCCCCCCCCCCCCCCCC(=O)NC(CO)C(O)/C=C/CCCCCCCCCCCCCCCCCC. The van der Waals surface area contributed by atoms with Gasteiger partial charge in [-0.15, -0.1) is 0 Å². The monoisotopic (exact) mass is 1250 g/mol. The van der Waals surface area contributed by atoms with Crippen molar-refractivity contribution in [2.45, 2.75) is 482 Å². The second-order valence-corrected chi connectivity index (χ2v) is 28.5. The molecule has 2 atom stereocenters. The van der Waals surface area contributed by atoms with Crippen molar-refractivity contribution in [1.29, 1.82) is 0 Å². The molecule has 0 aliphatic heterocycles. The predicted octanol–water partition coefficient (Wildman–Crippen LogP) is 27.2. The van der Waals surface area contributed by atoms with Gasteiger partial charge in [0.05, 0.1) is 25.4 Å². The van der Waals surface area contributed by atoms with Crippen LogP contribution in [0.2, 0.25) is 0 Å². The van der Waals surface area contributed by atoms with Gasteiger partial charge >= 0.3 is 5.97 Å². The van der Waals surface area contributed by atoms with E-state index in [1.807, 2.05) is 6.08 Å². The van der Waals surface area contributed by atoms with E-state index in [1.165, 1.54) is 405 Å². The molecule has 0 aromatic carbocycles.